The molecule has 1 aromatic heterocycles. The van der Waals surface area contributed by atoms with E-state index in [4.69, 9.17) is 5.11 Å². The van der Waals surface area contributed by atoms with Crippen LogP contribution in [-0.4, -0.2) is 44.7 Å². The molecule has 1 saturated heterocycles. The molecule has 98 valence electrons. The first-order valence-corrected chi connectivity index (χ1v) is 7.28. The lowest BCUT2D eigenvalue weighted by molar-refractivity contribution is -0.133. The van der Waals surface area contributed by atoms with Crippen LogP contribution in [-0.2, 0) is 4.79 Å². The Labute approximate surface area is 109 Å². The highest BCUT2D eigenvalue weighted by atomic mass is 32.2. The third-order valence-corrected chi connectivity index (χ3v) is 4.20. The topological polar surface area (TPSA) is 71.2 Å². The van der Waals surface area contributed by atoms with Crippen molar-refractivity contribution in [2.24, 2.45) is 0 Å². The Morgan fingerprint density at radius 2 is 2.06 bits per heavy atom. The summed E-state index contributed by atoms with van der Waals surface area (Å²) >= 11 is 1.27. The zero-order valence-electron chi connectivity index (χ0n) is 10.1. The van der Waals surface area contributed by atoms with E-state index in [2.05, 4.69) is 19.7 Å². The Bertz CT molecular complexity index is 452. The van der Waals surface area contributed by atoms with Gasteiger partial charge in [0.05, 0.1) is 5.75 Å². The number of thioether (sulfide) groups is 1. The molecule has 18 heavy (non-hydrogen) atoms. The molecule has 1 aromatic rings. The molecular formula is C11H16N4O2S. The first kappa shape index (κ1) is 11.8. The Balaban J connectivity index is 1.82. The Morgan fingerprint density at radius 3 is 2.67 bits per heavy atom. The minimum atomic E-state index is -0.812. The van der Waals surface area contributed by atoms with E-state index in [1.54, 1.807) is 0 Å². The normalized spacial score (nSPS) is 19.4. The van der Waals surface area contributed by atoms with Gasteiger partial charge >= 0.3 is 5.97 Å². The van der Waals surface area contributed by atoms with E-state index in [9.17, 15) is 4.79 Å². The molecule has 0 amide bonds. The maximum Gasteiger partial charge on any atom is 0.313 e. The van der Waals surface area contributed by atoms with Crippen LogP contribution in [0.1, 0.15) is 31.7 Å². The van der Waals surface area contributed by atoms with E-state index in [0.29, 0.717) is 6.04 Å². The van der Waals surface area contributed by atoms with Crippen LogP contribution in [0.15, 0.2) is 5.16 Å². The lowest BCUT2D eigenvalue weighted by atomic mass is 10.4. The zero-order valence-corrected chi connectivity index (χ0v) is 10.9. The van der Waals surface area contributed by atoms with Crippen LogP contribution < -0.4 is 4.90 Å². The van der Waals surface area contributed by atoms with Crippen molar-refractivity contribution in [1.82, 2.24) is 14.8 Å². The molecule has 1 aliphatic heterocycles. The molecule has 0 atom stereocenters. The fourth-order valence-electron chi connectivity index (χ4n) is 2.28. The van der Waals surface area contributed by atoms with Gasteiger partial charge in [-0.2, -0.15) is 0 Å². The van der Waals surface area contributed by atoms with E-state index >= 15 is 0 Å². The van der Waals surface area contributed by atoms with Crippen molar-refractivity contribution < 1.29 is 9.90 Å². The van der Waals surface area contributed by atoms with E-state index < -0.39 is 5.97 Å². The van der Waals surface area contributed by atoms with E-state index in [1.165, 1.54) is 24.6 Å². The summed E-state index contributed by atoms with van der Waals surface area (Å²) in [5, 5.41) is 17.9. The van der Waals surface area contributed by atoms with Crippen molar-refractivity contribution >= 4 is 23.7 Å². The van der Waals surface area contributed by atoms with Gasteiger partial charge in [-0.3, -0.25) is 9.36 Å². The second-order valence-electron chi connectivity index (χ2n) is 4.76. The van der Waals surface area contributed by atoms with Gasteiger partial charge in [0.15, 0.2) is 5.16 Å². The fraction of sp³-hybridized carbons (Fsp3) is 0.727. The number of rotatable bonds is 5. The molecule has 3 rings (SSSR count). The number of aromatic nitrogens is 3. The Hall–Kier alpha value is -1.24. The predicted molar refractivity (Wildman–Crippen MR) is 68.1 cm³/mol. The second-order valence-corrected chi connectivity index (χ2v) is 5.70. The number of hydrogen-bond donors (Lipinski definition) is 1. The smallest absolute Gasteiger partial charge is 0.313 e. The SMILES string of the molecule is O=C(O)CSc1nnc(N2CCCC2)n1C1CC1. The predicted octanol–water partition coefficient (Wildman–Crippen LogP) is 1.39. The highest BCUT2D eigenvalue weighted by molar-refractivity contribution is 7.99. The molecule has 0 bridgehead atoms. The average Bonchev–Trinajstić information content (AvgIpc) is 2.90. The van der Waals surface area contributed by atoms with Gasteiger partial charge in [0.25, 0.3) is 0 Å². The molecule has 6 nitrogen and oxygen atoms in total. The van der Waals surface area contributed by atoms with Gasteiger partial charge in [-0.05, 0) is 25.7 Å². The molecule has 0 radical (unpaired) electrons. The van der Waals surface area contributed by atoms with Crippen LogP contribution in [0.25, 0.3) is 0 Å². The molecule has 1 aliphatic carbocycles. The molecule has 1 N–H and O–H groups in total. The lowest BCUT2D eigenvalue weighted by Gasteiger charge is -2.17. The summed E-state index contributed by atoms with van der Waals surface area (Å²) in [7, 11) is 0. The second kappa shape index (κ2) is 4.79. The summed E-state index contributed by atoms with van der Waals surface area (Å²) < 4.78 is 2.14. The lowest BCUT2D eigenvalue weighted by Crippen LogP contribution is -2.22. The van der Waals surface area contributed by atoms with E-state index in [0.717, 1.165) is 37.0 Å². The third-order valence-electron chi connectivity index (χ3n) is 3.27. The largest absolute Gasteiger partial charge is 0.481 e. The monoisotopic (exact) mass is 268 g/mol. The minimum absolute atomic E-state index is 0.0465. The van der Waals surface area contributed by atoms with Gasteiger partial charge in [-0.25, -0.2) is 0 Å². The van der Waals surface area contributed by atoms with Crippen molar-refractivity contribution in [3.8, 4) is 0 Å². The van der Waals surface area contributed by atoms with Crippen molar-refractivity contribution in [2.75, 3.05) is 23.7 Å². The number of carboxylic acid groups (broad SMARTS) is 1. The summed E-state index contributed by atoms with van der Waals surface area (Å²) in [5.41, 5.74) is 0. The van der Waals surface area contributed by atoms with Gasteiger partial charge in [0, 0.05) is 19.1 Å². The number of nitrogens with zero attached hydrogens (tertiary/aromatic N) is 4. The zero-order chi connectivity index (χ0) is 12.5. The molecule has 0 unspecified atom stereocenters. The van der Waals surface area contributed by atoms with Gasteiger partial charge in [-0.1, -0.05) is 11.8 Å². The number of hydrogen-bond acceptors (Lipinski definition) is 5. The van der Waals surface area contributed by atoms with Crippen molar-refractivity contribution in [1.29, 1.82) is 0 Å². The maximum atomic E-state index is 10.6. The van der Waals surface area contributed by atoms with Crippen LogP contribution >= 0.6 is 11.8 Å². The summed E-state index contributed by atoms with van der Waals surface area (Å²) in [6.45, 7) is 2.07. The average molecular weight is 268 g/mol. The highest BCUT2D eigenvalue weighted by Gasteiger charge is 2.32. The third kappa shape index (κ3) is 2.31. The van der Waals surface area contributed by atoms with Crippen molar-refractivity contribution in [2.45, 2.75) is 36.9 Å². The van der Waals surface area contributed by atoms with Gasteiger partial charge in [0.2, 0.25) is 5.95 Å². The van der Waals surface area contributed by atoms with E-state index in [1.807, 2.05) is 0 Å². The van der Waals surface area contributed by atoms with Crippen LogP contribution in [0.5, 0.6) is 0 Å². The molecule has 2 aliphatic rings. The Kier molecular flexibility index (Phi) is 3.15. The van der Waals surface area contributed by atoms with Gasteiger partial charge < -0.3 is 10.0 Å². The summed E-state index contributed by atoms with van der Waals surface area (Å²) in [5.74, 6) is 0.168. The molecule has 1 saturated carbocycles. The first-order valence-electron chi connectivity index (χ1n) is 6.30. The number of carbonyl (C=O) groups is 1. The van der Waals surface area contributed by atoms with Crippen molar-refractivity contribution in [3.05, 3.63) is 0 Å². The maximum absolute atomic E-state index is 10.6. The van der Waals surface area contributed by atoms with Gasteiger partial charge in [-0.15, -0.1) is 10.2 Å². The molecule has 0 spiro atoms. The number of aliphatic carboxylic acids is 1. The summed E-state index contributed by atoms with van der Waals surface area (Å²) in [6, 6.07) is 0.479. The van der Waals surface area contributed by atoms with Crippen LogP contribution in [0, 0.1) is 0 Å². The highest BCUT2D eigenvalue weighted by Crippen LogP contribution is 2.41. The molecular weight excluding hydrogens is 252 g/mol. The van der Waals surface area contributed by atoms with E-state index in [-0.39, 0.29) is 5.75 Å². The summed E-state index contributed by atoms with van der Waals surface area (Å²) in [4.78, 5) is 12.9. The molecule has 7 heteroatoms. The fourth-order valence-corrected chi connectivity index (χ4v) is 3.00. The first-order chi connectivity index (χ1) is 8.75. The Morgan fingerprint density at radius 1 is 1.33 bits per heavy atom. The molecule has 2 heterocycles. The quantitative estimate of drug-likeness (QED) is 0.814. The minimum Gasteiger partial charge on any atom is -0.481 e. The van der Waals surface area contributed by atoms with Gasteiger partial charge in [0.1, 0.15) is 0 Å². The van der Waals surface area contributed by atoms with Crippen LogP contribution in [0.2, 0.25) is 0 Å². The number of anilines is 1. The number of carboxylic acids is 1. The van der Waals surface area contributed by atoms with Crippen LogP contribution in [0.3, 0.4) is 0 Å². The molecule has 2 fully saturated rings. The van der Waals surface area contributed by atoms with Crippen molar-refractivity contribution in [3.63, 3.8) is 0 Å². The molecule has 0 aromatic carbocycles. The standard InChI is InChI=1S/C11H16N4O2S/c16-9(17)7-18-11-13-12-10(14-5-1-2-6-14)15(11)8-3-4-8/h8H,1-7H2,(H,16,17). The summed E-state index contributed by atoms with van der Waals surface area (Å²) in [6.07, 6.45) is 4.71. The van der Waals surface area contributed by atoms with Crippen LogP contribution in [0.4, 0.5) is 5.95 Å².